The zero-order chi connectivity index (χ0) is 16.4. The van der Waals surface area contributed by atoms with E-state index in [4.69, 9.17) is 4.98 Å². The number of aryl methyl sites for hydroxylation is 1. The SMILES string of the molecule is Cc1cnc(C2CCCN2C2CCCCC2)n1Cc1cccnc1. The Hall–Kier alpha value is -1.68. The lowest BCUT2D eigenvalue weighted by Crippen LogP contribution is -2.37. The number of likely N-dealkylation sites (tertiary alicyclic amines) is 1. The van der Waals surface area contributed by atoms with Crippen molar-refractivity contribution >= 4 is 0 Å². The molecule has 1 saturated carbocycles. The number of pyridine rings is 1. The maximum atomic E-state index is 4.84. The second kappa shape index (κ2) is 7.06. The van der Waals surface area contributed by atoms with E-state index in [0.717, 1.165) is 12.6 Å². The first-order valence-electron chi connectivity index (χ1n) is 9.49. The van der Waals surface area contributed by atoms with Crippen LogP contribution in [0.4, 0.5) is 0 Å². The minimum Gasteiger partial charge on any atom is -0.327 e. The van der Waals surface area contributed by atoms with Crippen molar-refractivity contribution < 1.29 is 0 Å². The molecular formula is C20H28N4. The molecule has 0 bridgehead atoms. The van der Waals surface area contributed by atoms with Crippen LogP contribution in [0.3, 0.4) is 0 Å². The number of nitrogens with zero attached hydrogens (tertiary/aromatic N) is 4. The molecule has 2 fully saturated rings. The summed E-state index contributed by atoms with van der Waals surface area (Å²) in [6.45, 7) is 4.30. The van der Waals surface area contributed by atoms with Crippen molar-refractivity contribution in [2.45, 2.75) is 70.5 Å². The molecule has 4 nitrogen and oxygen atoms in total. The zero-order valence-electron chi connectivity index (χ0n) is 14.7. The van der Waals surface area contributed by atoms with Gasteiger partial charge < -0.3 is 4.57 Å². The van der Waals surface area contributed by atoms with Gasteiger partial charge in [0.15, 0.2) is 0 Å². The highest BCUT2D eigenvalue weighted by molar-refractivity contribution is 5.16. The Morgan fingerprint density at radius 1 is 1.08 bits per heavy atom. The molecule has 24 heavy (non-hydrogen) atoms. The van der Waals surface area contributed by atoms with Crippen molar-refractivity contribution in [2.24, 2.45) is 0 Å². The van der Waals surface area contributed by atoms with Gasteiger partial charge in [-0.1, -0.05) is 25.3 Å². The second-order valence-electron chi connectivity index (χ2n) is 7.39. The Kier molecular flexibility index (Phi) is 4.65. The molecule has 0 radical (unpaired) electrons. The second-order valence-corrected chi connectivity index (χ2v) is 7.39. The van der Waals surface area contributed by atoms with E-state index < -0.39 is 0 Å². The smallest absolute Gasteiger partial charge is 0.126 e. The zero-order valence-corrected chi connectivity index (χ0v) is 14.7. The normalized spacial score (nSPS) is 23.0. The molecule has 2 aromatic rings. The Balaban J connectivity index is 1.59. The van der Waals surface area contributed by atoms with Gasteiger partial charge in [-0.05, 0) is 50.8 Å². The minimum atomic E-state index is 0.499. The molecule has 2 aromatic heterocycles. The van der Waals surface area contributed by atoms with E-state index >= 15 is 0 Å². The van der Waals surface area contributed by atoms with Gasteiger partial charge in [0, 0.05) is 30.3 Å². The number of hydrogen-bond donors (Lipinski definition) is 0. The molecule has 1 saturated heterocycles. The predicted molar refractivity (Wildman–Crippen MR) is 95.9 cm³/mol. The maximum Gasteiger partial charge on any atom is 0.126 e. The molecular weight excluding hydrogens is 296 g/mol. The summed E-state index contributed by atoms with van der Waals surface area (Å²) in [6.07, 6.45) is 15.4. The van der Waals surface area contributed by atoms with E-state index in [1.165, 1.54) is 68.6 Å². The van der Waals surface area contributed by atoms with Crippen LogP contribution < -0.4 is 0 Å². The fourth-order valence-electron chi connectivity index (χ4n) is 4.54. The number of aromatic nitrogens is 3. The van der Waals surface area contributed by atoms with Crippen LogP contribution in [0.5, 0.6) is 0 Å². The molecule has 1 aliphatic carbocycles. The Morgan fingerprint density at radius 3 is 2.75 bits per heavy atom. The summed E-state index contributed by atoms with van der Waals surface area (Å²) in [4.78, 5) is 11.9. The molecule has 1 atom stereocenters. The van der Waals surface area contributed by atoms with E-state index in [1.807, 2.05) is 24.7 Å². The van der Waals surface area contributed by atoms with Crippen molar-refractivity contribution in [3.8, 4) is 0 Å². The first-order valence-corrected chi connectivity index (χ1v) is 9.49. The lowest BCUT2D eigenvalue weighted by molar-refractivity contribution is 0.136. The van der Waals surface area contributed by atoms with Gasteiger partial charge in [0.25, 0.3) is 0 Å². The van der Waals surface area contributed by atoms with Gasteiger partial charge in [-0.3, -0.25) is 9.88 Å². The molecule has 1 aliphatic heterocycles. The monoisotopic (exact) mass is 324 g/mol. The first-order chi connectivity index (χ1) is 11.8. The van der Waals surface area contributed by atoms with Crippen LogP contribution in [-0.2, 0) is 6.54 Å². The summed E-state index contributed by atoms with van der Waals surface area (Å²) in [5.41, 5.74) is 2.51. The first kappa shape index (κ1) is 15.8. The number of imidazole rings is 1. The van der Waals surface area contributed by atoms with Crippen LogP contribution >= 0.6 is 0 Å². The average Bonchev–Trinajstić information content (AvgIpc) is 3.24. The van der Waals surface area contributed by atoms with Crippen LogP contribution in [0, 0.1) is 6.92 Å². The third kappa shape index (κ3) is 3.12. The van der Waals surface area contributed by atoms with E-state index in [1.54, 1.807) is 0 Å². The van der Waals surface area contributed by atoms with Crippen LogP contribution in [0.15, 0.2) is 30.7 Å². The maximum absolute atomic E-state index is 4.84. The van der Waals surface area contributed by atoms with Crippen molar-refractivity contribution in [1.82, 2.24) is 19.4 Å². The Labute approximate surface area is 144 Å². The van der Waals surface area contributed by atoms with Gasteiger partial charge in [0.2, 0.25) is 0 Å². The molecule has 0 N–H and O–H groups in total. The molecule has 4 rings (SSSR count). The van der Waals surface area contributed by atoms with E-state index in [0.29, 0.717) is 6.04 Å². The van der Waals surface area contributed by atoms with E-state index in [2.05, 4.69) is 27.4 Å². The minimum absolute atomic E-state index is 0.499. The van der Waals surface area contributed by atoms with Crippen LogP contribution in [0.2, 0.25) is 0 Å². The summed E-state index contributed by atoms with van der Waals surface area (Å²) in [6, 6.07) is 5.45. The molecule has 0 aromatic carbocycles. The third-order valence-corrected chi connectivity index (χ3v) is 5.79. The molecule has 4 heteroatoms. The van der Waals surface area contributed by atoms with Crippen molar-refractivity contribution in [2.75, 3.05) is 6.54 Å². The molecule has 1 unspecified atom stereocenters. The van der Waals surface area contributed by atoms with Gasteiger partial charge in [0.05, 0.1) is 12.6 Å². The van der Waals surface area contributed by atoms with Gasteiger partial charge in [-0.15, -0.1) is 0 Å². The standard InChI is InChI=1S/C20H28N4/c1-16-13-22-20(24(16)15-17-7-5-11-21-14-17)19-10-6-12-23(19)18-8-3-2-4-9-18/h5,7,11,13-14,18-19H,2-4,6,8-10,12,15H2,1H3. The lowest BCUT2D eigenvalue weighted by atomic mass is 9.93. The molecule has 3 heterocycles. The molecule has 0 amide bonds. The summed E-state index contributed by atoms with van der Waals surface area (Å²) >= 11 is 0. The van der Waals surface area contributed by atoms with Gasteiger partial charge in [-0.25, -0.2) is 4.98 Å². The highest BCUT2D eigenvalue weighted by Crippen LogP contribution is 2.37. The van der Waals surface area contributed by atoms with E-state index in [9.17, 15) is 0 Å². The number of rotatable bonds is 4. The van der Waals surface area contributed by atoms with Crippen LogP contribution in [-0.4, -0.2) is 32.0 Å². The average molecular weight is 324 g/mol. The van der Waals surface area contributed by atoms with Crippen molar-refractivity contribution in [1.29, 1.82) is 0 Å². The van der Waals surface area contributed by atoms with Crippen LogP contribution in [0.25, 0.3) is 0 Å². The van der Waals surface area contributed by atoms with Gasteiger partial charge in [-0.2, -0.15) is 0 Å². The lowest BCUT2D eigenvalue weighted by Gasteiger charge is -2.35. The molecule has 2 aliphatic rings. The van der Waals surface area contributed by atoms with Crippen LogP contribution in [0.1, 0.15) is 68.1 Å². The number of hydrogen-bond acceptors (Lipinski definition) is 3. The summed E-state index contributed by atoms with van der Waals surface area (Å²) in [7, 11) is 0. The van der Waals surface area contributed by atoms with Gasteiger partial charge in [0.1, 0.15) is 5.82 Å². The molecule has 128 valence electrons. The summed E-state index contributed by atoms with van der Waals surface area (Å²) < 4.78 is 2.41. The summed E-state index contributed by atoms with van der Waals surface area (Å²) in [5, 5.41) is 0. The predicted octanol–water partition coefficient (Wildman–Crippen LogP) is 4.10. The van der Waals surface area contributed by atoms with E-state index in [-0.39, 0.29) is 0 Å². The fourth-order valence-corrected chi connectivity index (χ4v) is 4.54. The van der Waals surface area contributed by atoms with Crippen molar-refractivity contribution in [3.63, 3.8) is 0 Å². The third-order valence-electron chi connectivity index (χ3n) is 5.79. The Morgan fingerprint density at radius 2 is 1.96 bits per heavy atom. The van der Waals surface area contributed by atoms with Crippen molar-refractivity contribution in [3.05, 3.63) is 47.8 Å². The largest absolute Gasteiger partial charge is 0.327 e. The topological polar surface area (TPSA) is 34.0 Å². The fraction of sp³-hybridized carbons (Fsp3) is 0.600. The Bertz CT molecular complexity index is 658. The van der Waals surface area contributed by atoms with Gasteiger partial charge >= 0.3 is 0 Å². The quantitative estimate of drug-likeness (QED) is 0.849. The highest BCUT2D eigenvalue weighted by Gasteiger charge is 2.34. The molecule has 0 spiro atoms. The summed E-state index contributed by atoms with van der Waals surface area (Å²) in [5.74, 6) is 1.26. The highest BCUT2D eigenvalue weighted by atomic mass is 15.3.